The number of nitrogens with zero attached hydrogens (tertiary/aromatic N) is 1. The molecule has 0 unspecified atom stereocenters. The summed E-state index contributed by atoms with van der Waals surface area (Å²) in [5, 5.41) is 18.3. The summed E-state index contributed by atoms with van der Waals surface area (Å²) in [5.74, 6) is -2.47. The number of hydrogen-bond donors (Lipinski definition) is 2. The Morgan fingerprint density at radius 1 is 1.05 bits per heavy atom. The maximum absolute atomic E-state index is 11.2. The van der Waals surface area contributed by atoms with Crippen LogP contribution >= 0.6 is 0 Å². The number of rotatable bonds is 3. The summed E-state index contributed by atoms with van der Waals surface area (Å²) in [4.78, 5) is 24.4. The second-order valence-corrected chi connectivity index (χ2v) is 5.02. The van der Waals surface area contributed by atoms with E-state index in [4.69, 9.17) is 10.2 Å². The molecule has 5 heteroatoms. The average Bonchev–Trinajstić information content (AvgIpc) is 2.39. The van der Waals surface area contributed by atoms with E-state index in [1.165, 1.54) is 0 Å². The van der Waals surface area contributed by atoms with Crippen LogP contribution in [0.2, 0.25) is 0 Å². The van der Waals surface area contributed by atoms with E-state index < -0.39 is 17.4 Å². The zero-order valence-electron chi connectivity index (χ0n) is 10.8. The van der Waals surface area contributed by atoms with E-state index in [0.717, 1.165) is 11.3 Å². The van der Waals surface area contributed by atoms with E-state index in [9.17, 15) is 9.59 Å². The molecule has 0 atom stereocenters. The minimum atomic E-state index is -1.62. The monoisotopic (exact) mass is 263 g/mol. The molecule has 5 nitrogen and oxygen atoms in total. The molecule has 19 heavy (non-hydrogen) atoms. The molecule has 0 saturated carbocycles. The number of piperidine rings is 1. The molecule has 1 aliphatic rings. The van der Waals surface area contributed by atoms with Crippen molar-refractivity contribution < 1.29 is 19.8 Å². The van der Waals surface area contributed by atoms with Crippen LogP contribution in [0.3, 0.4) is 0 Å². The number of hydrogen-bond acceptors (Lipinski definition) is 3. The van der Waals surface area contributed by atoms with Crippen molar-refractivity contribution in [2.75, 3.05) is 18.0 Å². The van der Waals surface area contributed by atoms with Crippen LogP contribution in [0.4, 0.5) is 5.69 Å². The molecule has 102 valence electrons. The van der Waals surface area contributed by atoms with Crippen molar-refractivity contribution in [3.8, 4) is 0 Å². The molecular weight excluding hydrogens is 246 g/mol. The zero-order chi connectivity index (χ0) is 14.0. The van der Waals surface area contributed by atoms with Gasteiger partial charge in [0.05, 0.1) is 0 Å². The largest absolute Gasteiger partial charge is 0.480 e. The number of anilines is 1. The molecule has 0 aromatic heterocycles. The molecule has 2 N–H and O–H groups in total. The molecule has 0 radical (unpaired) electrons. The van der Waals surface area contributed by atoms with Gasteiger partial charge in [-0.3, -0.25) is 9.59 Å². The molecule has 1 saturated heterocycles. The Labute approximate surface area is 111 Å². The molecule has 1 heterocycles. The fraction of sp³-hybridized carbons (Fsp3) is 0.429. The van der Waals surface area contributed by atoms with Gasteiger partial charge in [-0.05, 0) is 31.9 Å². The normalized spacial score (nSPS) is 18.1. The maximum atomic E-state index is 11.2. The summed E-state index contributed by atoms with van der Waals surface area (Å²) in [6.07, 6.45) is 0.261. The molecule has 0 spiro atoms. The number of carbonyl (C=O) groups is 2. The zero-order valence-corrected chi connectivity index (χ0v) is 10.8. The second kappa shape index (κ2) is 4.91. The smallest absolute Gasteiger partial charge is 0.321 e. The fourth-order valence-corrected chi connectivity index (χ4v) is 2.42. The van der Waals surface area contributed by atoms with E-state index in [1.54, 1.807) is 0 Å². The number of aryl methyl sites for hydroxylation is 1. The summed E-state index contributed by atoms with van der Waals surface area (Å²) in [5.41, 5.74) is 0.544. The van der Waals surface area contributed by atoms with Gasteiger partial charge in [0.1, 0.15) is 0 Å². The molecule has 1 aromatic carbocycles. The first-order valence-electron chi connectivity index (χ1n) is 6.24. The van der Waals surface area contributed by atoms with E-state index >= 15 is 0 Å². The van der Waals surface area contributed by atoms with Crippen LogP contribution in [0.5, 0.6) is 0 Å². The van der Waals surface area contributed by atoms with Crippen LogP contribution < -0.4 is 4.90 Å². The predicted molar refractivity (Wildman–Crippen MR) is 70.3 cm³/mol. The van der Waals surface area contributed by atoms with Gasteiger partial charge in [-0.1, -0.05) is 17.7 Å². The molecule has 0 bridgehead atoms. The first kappa shape index (κ1) is 13.4. The van der Waals surface area contributed by atoms with Gasteiger partial charge in [-0.15, -0.1) is 0 Å². The first-order chi connectivity index (χ1) is 8.95. The van der Waals surface area contributed by atoms with E-state index in [0.29, 0.717) is 13.1 Å². The Bertz CT molecular complexity index is 471. The lowest BCUT2D eigenvalue weighted by molar-refractivity contribution is -0.166. The highest BCUT2D eigenvalue weighted by Gasteiger charge is 2.48. The van der Waals surface area contributed by atoms with Gasteiger partial charge >= 0.3 is 11.9 Å². The SMILES string of the molecule is Cc1ccc(N2CCC(C(=O)O)(C(=O)O)CC2)cc1. The highest BCUT2D eigenvalue weighted by molar-refractivity contribution is 5.98. The standard InChI is InChI=1S/C14H17NO4/c1-10-2-4-11(5-3-10)15-8-6-14(7-9-15,12(16)17)13(18)19/h2-5H,6-9H2,1H3,(H,16,17)(H,18,19). The van der Waals surface area contributed by atoms with Crippen molar-refractivity contribution in [3.63, 3.8) is 0 Å². The number of carboxylic acids is 2. The molecule has 0 aliphatic carbocycles. The summed E-state index contributed by atoms with van der Waals surface area (Å²) >= 11 is 0. The highest BCUT2D eigenvalue weighted by Crippen LogP contribution is 2.34. The highest BCUT2D eigenvalue weighted by atomic mass is 16.4. The quantitative estimate of drug-likeness (QED) is 0.812. The van der Waals surface area contributed by atoms with E-state index in [-0.39, 0.29) is 12.8 Å². The summed E-state index contributed by atoms with van der Waals surface area (Å²) in [6, 6.07) is 7.94. The topological polar surface area (TPSA) is 77.8 Å². The van der Waals surface area contributed by atoms with Crippen LogP contribution in [0, 0.1) is 12.3 Å². The van der Waals surface area contributed by atoms with Gasteiger partial charge in [0, 0.05) is 18.8 Å². The van der Waals surface area contributed by atoms with E-state index in [1.807, 2.05) is 36.1 Å². The maximum Gasteiger partial charge on any atom is 0.321 e. The van der Waals surface area contributed by atoms with Crippen molar-refractivity contribution >= 4 is 17.6 Å². The van der Waals surface area contributed by atoms with Gasteiger partial charge in [-0.2, -0.15) is 0 Å². The van der Waals surface area contributed by atoms with Gasteiger partial charge < -0.3 is 15.1 Å². The Morgan fingerprint density at radius 3 is 1.95 bits per heavy atom. The predicted octanol–water partition coefficient (Wildman–Crippen LogP) is 1.75. The Morgan fingerprint density at radius 2 is 1.53 bits per heavy atom. The summed E-state index contributed by atoms with van der Waals surface area (Å²) in [7, 11) is 0. The molecule has 1 aromatic rings. The van der Waals surface area contributed by atoms with Crippen molar-refractivity contribution in [2.24, 2.45) is 5.41 Å². The van der Waals surface area contributed by atoms with E-state index in [2.05, 4.69) is 0 Å². The molecular formula is C14H17NO4. The summed E-state index contributed by atoms with van der Waals surface area (Å²) < 4.78 is 0. The average molecular weight is 263 g/mol. The lowest BCUT2D eigenvalue weighted by Crippen LogP contribution is -2.49. The second-order valence-electron chi connectivity index (χ2n) is 5.02. The van der Waals surface area contributed by atoms with Crippen LogP contribution in [0.15, 0.2) is 24.3 Å². The third kappa shape index (κ3) is 2.41. The van der Waals surface area contributed by atoms with Crippen LogP contribution in [0.25, 0.3) is 0 Å². The minimum absolute atomic E-state index is 0.130. The fourth-order valence-electron chi connectivity index (χ4n) is 2.42. The lowest BCUT2D eigenvalue weighted by atomic mass is 9.78. The van der Waals surface area contributed by atoms with Gasteiger partial charge in [0.2, 0.25) is 0 Å². The molecule has 1 aliphatic heterocycles. The van der Waals surface area contributed by atoms with Gasteiger partial charge in [0.15, 0.2) is 5.41 Å². The van der Waals surface area contributed by atoms with Crippen LogP contribution in [0.1, 0.15) is 18.4 Å². The first-order valence-corrected chi connectivity index (χ1v) is 6.24. The van der Waals surface area contributed by atoms with Crippen molar-refractivity contribution in [3.05, 3.63) is 29.8 Å². The number of carboxylic acid groups (broad SMARTS) is 2. The number of aliphatic carboxylic acids is 2. The summed E-state index contributed by atoms with van der Waals surface area (Å²) in [6.45, 7) is 2.89. The lowest BCUT2D eigenvalue weighted by Gasteiger charge is -2.37. The van der Waals surface area contributed by atoms with Crippen LogP contribution in [-0.4, -0.2) is 35.2 Å². The van der Waals surface area contributed by atoms with Crippen LogP contribution in [-0.2, 0) is 9.59 Å². The Balaban J connectivity index is 2.12. The number of benzene rings is 1. The molecule has 2 rings (SSSR count). The third-order valence-corrected chi connectivity index (χ3v) is 3.83. The van der Waals surface area contributed by atoms with Crippen molar-refractivity contribution in [2.45, 2.75) is 19.8 Å². The van der Waals surface area contributed by atoms with Gasteiger partial charge in [-0.25, -0.2) is 0 Å². The van der Waals surface area contributed by atoms with Gasteiger partial charge in [0.25, 0.3) is 0 Å². The Hall–Kier alpha value is -2.04. The Kier molecular flexibility index (Phi) is 3.46. The van der Waals surface area contributed by atoms with Crippen molar-refractivity contribution in [1.82, 2.24) is 0 Å². The van der Waals surface area contributed by atoms with Crippen molar-refractivity contribution in [1.29, 1.82) is 0 Å². The minimum Gasteiger partial charge on any atom is -0.480 e. The molecule has 0 amide bonds. The third-order valence-electron chi connectivity index (χ3n) is 3.83. The molecule has 1 fully saturated rings.